The van der Waals surface area contributed by atoms with Crippen LogP contribution in [0.3, 0.4) is 0 Å². The van der Waals surface area contributed by atoms with Crippen LogP contribution in [0, 0.1) is 13.8 Å². The largest absolute Gasteiger partial charge is 0.464 e. The second-order valence-electron chi connectivity index (χ2n) is 6.83. The molecule has 29 heavy (non-hydrogen) atoms. The molecule has 2 aromatic carbocycles. The molecule has 0 aliphatic carbocycles. The lowest BCUT2D eigenvalue weighted by atomic mass is 10.0. The molecule has 8 heteroatoms. The van der Waals surface area contributed by atoms with Gasteiger partial charge < -0.3 is 14.5 Å². The third kappa shape index (κ3) is 4.83. The molecule has 0 radical (unpaired) electrons. The number of hydrogen-bond acceptors (Lipinski definition) is 6. The van der Waals surface area contributed by atoms with Crippen LogP contribution in [-0.2, 0) is 30.6 Å². The third-order valence-corrected chi connectivity index (χ3v) is 5.70. The average Bonchev–Trinajstić information content (AvgIpc) is 3.06. The Labute approximate surface area is 168 Å². The lowest BCUT2D eigenvalue weighted by molar-refractivity contribution is -0.146. The van der Waals surface area contributed by atoms with E-state index in [1.165, 1.54) is 24.5 Å². The van der Waals surface area contributed by atoms with Crippen LogP contribution in [-0.4, -0.2) is 33.2 Å². The standard InChI is InChI=1S/C21H21NO6S/c1-13-7-8-18-15(11-28-21(18)14(13)2)9-20(24)27-12-19(23)22-16-5-4-6-17(10-16)29(3,25)26/h4-8,10-11H,9,12H2,1-3H3,(H,22,23). The average molecular weight is 415 g/mol. The number of anilines is 1. The molecule has 3 aromatic rings. The molecule has 0 atom stereocenters. The van der Waals surface area contributed by atoms with E-state index in [0.29, 0.717) is 11.3 Å². The fourth-order valence-corrected chi connectivity index (χ4v) is 3.55. The van der Waals surface area contributed by atoms with Crippen molar-refractivity contribution in [1.29, 1.82) is 0 Å². The zero-order valence-corrected chi connectivity index (χ0v) is 17.1. The number of ether oxygens (including phenoxy) is 1. The maximum absolute atomic E-state index is 12.1. The van der Waals surface area contributed by atoms with Gasteiger partial charge in [-0.05, 0) is 43.2 Å². The van der Waals surface area contributed by atoms with Crippen LogP contribution < -0.4 is 5.32 Å². The van der Waals surface area contributed by atoms with E-state index < -0.39 is 28.3 Å². The number of carbonyl (C=O) groups is 2. The number of amides is 1. The number of rotatable bonds is 6. The molecule has 1 N–H and O–H groups in total. The van der Waals surface area contributed by atoms with Gasteiger partial charge in [0.25, 0.3) is 5.91 Å². The molecule has 0 spiro atoms. The summed E-state index contributed by atoms with van der Waals surface area (Å²) in [7, 11) is -3.39. The number of sulfone groups is 1. The Morgan fingerprint density at radius 1 is 1.14 bits per heavy atom. The van der Waals surface area contributed by atoms with Crippen molar-refractivity contribution in [2.24, 2.45) is 0 Å². The molecule has 0 saturated carbocycles. The van der Waals surface area contributed by atoms with Crippen LogP contribution >= 0.6 is 0 Å². The van der Waals surface area contributed by atoms with Crippen LogP contribution in [0.1, 0.15) is 16.7 Å². The predicted octanol–water partition coefficient (Wildman–Crippen LogP) is 3.18. The Kier molecular flexibility index (Phi) is 5.74. The quantitative estimate of drug-likeness (QED) is 0.621. The maximum Gasteiger partial charge on any atom is 0.310 e. The molecule has 0 saturated heterocycles. The van der Waals surface area contributed by atoms with E-state index in [2.05, 4.69) is 5.32 Å². The number of esters is 1. The molecule has 3 rings (SSSR count). The van der Waals surface area contributed by atoms with Gasteiger partial charge in [0.2, 0.25) is 0 Å². The van der Waals surface area contributed by atoms with Crippen molar-refractivity contribution < 1.29 is 27.2 Å². The summed E-state index contributed by atoms with van der Waals surface area (Å²) >= 11 is 0. The van der Waals surface area contributed by atoms with E-state index >= 15 is 0 Å². The van der Waals surface area contributed by atoms with Crippen molar-refractivity contribution in [1.82, 2.24) is 0 Å². The van der Waals surface area contributed by atoms with Crippen molar-refractivity contribution in [3.63, 3.8) is 0 Å². The Morgan fingerprint density at radius 2 is 1.90 bits per heavy atom. The molecule has 0 unspecified atom stereocenters. The van der Waals surface area contributed by atoms with Gasteiger partial charge in [0, 0.05) is 22.9 Å². The Morgan fingerprint density at radius 3 is 2.62 bits per heavy atom. The van der Waals surface area contributed by atoms with Crippen molar-refractivity contribution in [3.05, 3.63) is 59.4 Å². The number of carbonyl (C=O) groups excluding carboxylic acids is 2. The van der Waals surface area contributed by atoms with Crippen LogP contribution in [0.25, 0.3) is 11.0 Å². The van der Waals surface area contributed by atoms with E-state index in [4.69, 9.17) is 9.15 Å². The van der Waals surface area contributed by atoms with Crippen molar-refractivity contribution in [2.75, 3.05) is 18.2 Å². The van der Waals surface area contributed by atoms with Gasteiger partial charge in [0.15, 0.2) is 16.4 Å². The summed E-state index contributed by atoms with van der Waals surface area (Å²) in [6.45, 7) is 3.46. The van der Waals surface area contributed by atoms with E-state index in [1.807, 2.05) is 26.0 Å². The molecule has 1 aromatic heterocycles. The highest BCUT2D eigenvalue weighted by atomic mass is 32.2. The molecule has 0 aliphatic heterocycles. The minimum atomic E-state index is -3.39. The predicted molar refractivity (Wildman–Crippen MR) is 109 cm³/mol. The zero-order chi connectivity index (χ0) is 21.2. The normalized spacial score (nSPS) is 11.4. The number of benzene rings is 2. The third-order valence-electron chi connectivity index (χ3n) is 4.59. The lowest BCUT2D eigenvalue weighted by Gasteiger charge is -2.08. The summed E-state index contributed by atoms with van der Waals surface area (Å²) < 4.78 is 33.8. The number of furan rings is 1. The molecular weight excluding hydrogens is 394 g/mol. The first kappa shape index (κ1) is 20.6. The van der Waals surface area contributed by atoms with Crippen LogP contribution in [0.5, 0.6) is 0 Å². The fraction of sp³-hybridized carbons (Fsp3) is 0.238. The molecule has 1 heterocycles. The van der Waals surface area contributed by atoms with E-state index in [-0.39, 0.29) is 11.3 Å². The molecule has 7 nitrogen and oxygen atoms in total. The fourth-order valence-electron chi connectivity index (χ4n) is 2.88. The topological polar surface area (TPSA) is 103 Å². The number of nitrogens with one attached hydrogen (secondary N) is 1. The Bertz CT molecular complexity index is 1190. The number of fused-ring (bicyclic) bond motifs is 1. The molecule has 1 amide bonds. The van der Waals surface area contributed by atoms with Gasteiger partial charge in [-0.25, -0.2) is 8.42 Å². The minimum absolute atomic E-state index is 0.0215. The smallest absolute Gasteiger partial charge is 0.310 e. The van der Waals surface area contributed by atoms with Crippen molar-refractivity contribution in [3.8, 4) is 0 Å². The van der Waals surface area contributed by atoms with Crippen molar-refractivity contribution >= 4 is 38.4 Å². The van der Waals surface area contributed by atoms with E-state index in [1.54, 1.807) is 6.07 Å². The highest BCUT2D eigenvalue weighted by molar-refractivity contribution is 7.90. The van der Waals surface area contributed by atoms with Gasteiger partial charge in [0.1, 0.15) is 5.58 Å². The van der Waals surface area contributed by atoms with Gasteiger partial charge in [-0.3, -0.25) is 9.59 Å². The minimum Gasteiger partial charge on any atom is -0.464 e. The summed E-state index contributed by atoms with van der Waals surface area (Å²) in [6.07, 6.45) is 2.58. The van der Waals surface area contributed by atoms with E-state index in [9.17, 15) is 18.0 Å². The Balaban J connectivity index is 1.59. The van der Waals surface area contributed by atoms with Gasteiger partial charge in [0.05, 0.1) is 17.6 Å². The number of hydrogen-bond donors (Lipinski definition) is 1. The second-order valence-corrected chi connectivity index (χ2v) is 8.85. The molecule has 0 bridgehead atoms. The first-order valence-corrected chi connectivity index (χ1v) is 10.8. The first-order chi connectivity index (χ1) is 13.6. The van der Waals surface area contributed by atoms with Gasteiger partial charge in [-0.1, -0.05) is 18.2 Å². The van der Waals surface area contributed by atoms with Crippen LogP contribution in [0.2, 0.25) is 0 Å². The van der Waals surface area contributed by atoms with Crippen molar-refractivity contribution in [2.45, 2.75) is 25.2 Å². The van der Waals surface area contributed by atoms with E-state index in [0.717, 1.165) is 28.4 Å². The summed E-state index contributed by atoms with van der Waals surface area (Å²) in [6, 6.07) is 9.70. The monoisotopic (exact) mass is 415 g/mol. The Hall–Kier alpha value is -3.13. The maximum atomic E-state index is 12.1. The van der Waals surface area contributed by atoms with Gasteiger partial charge >= 0.3 is 5.97 Å². The van der Waals surface area contributed by atoms with Crippen LogP contribution in [0.4, 0.5) is 5.69 Å². The van der Waals surface area contributed by atoms with Crippen LogP contribution in [0.15, 0.2) is 52.0 Å². The molecular formula is C21H21NO6S. The molecule has 152 valence electrons. The first-order valence-electron chi connectivity index (χ1n) is 8.87. The molecule has 0 fully saturated rings. The zero-order valence-electron chi connectivity index (χ0n) is 16.3. The molecule has 0 aliphatic rings. The lowest BCUT2D eigenvalue weighted by Crippen LogP contribution is -2.21. The number of aryl methyl sites for hydroxylation is 2. The highest BCUT2D eigenvalue weighted by Gasteiger charge is 2.15. The highest BCUT2D eigenvalue weighted by Crippen LogP contribution is 2.26. The summed E-state index contributed by atoms with van der Waals surface area (Å²) in [5.74, 6) is -1.13. The summed E-state index contributed by atoms with van der Waals surface area (Å²) in [5.41, 5.74) is 3.83. The SMILES string of the molecule is Cc1ccc2c(CC(=O)OCC(=O)Nc3cccc(S(C)(=O)=O)c3)coc2c1C. The second kappa shape index (κ2) is 8.08. The summed E-state index contributed by atoms with van der Waals surface area (Å²) in [4.78, 5) is 24.2. The van der Waals surface area contributed by atoms with Gasteiger partial charge in [-0.2, -0.15) is 0 Å². The van der Waals surface area contributed by atoms with Gasteiger partial charge in [-0.15, -0.1) is 0 Å². The summed E-state index contributed by atoms with van der Waals surface area (Å²) in [5, 5.41) is 3.35.